The molecule has 31 heavy (non-hydrogen) atoms. The molecule has 0 unspecified atom stereocenters. The van der Waals surface area contributed by atoms with E-state index in [0.29, 0.717) is 10.0 Å². The Hall–Kier alpha value is -1.96. The molecule has 2 N–H and O–H groups in total. The van der Waals surface area contributed by atoms with Gasteiger partial charge in [0, 0.05) is 23.5 Å². The largest absolute Gasteiger partial charge is 0.332 e. The molecule has 0 aliphatic carbocycles. The van der Waals surface area contributed by atoms with E-state index in [0.717, 1.165) is 37.1 Å². The zero-order chi connectivity index (χ0) is 22.4. The molecule has 0 saturated carbocycles. The van der Waals surface area contributed by atoms with Gasteiger partial charge in [-0.15, -0.1) is 0 Å². The Morgan fingerprint density at radius 2 is 1.48 bits per heavy atom. The minimum Gasteiger partial charge on any atom is -0.332 e. The number of anilines is 2. The minimum absolute atomic E-state index is 0.0247. The summed E-state index contributed by atoms with van der Waals surface area (Å²) >= 11 is 5.41. The lowest BCUT2D eigenvalue weighted by Crippen LogP contribution is -2.47. The molecule has 2 atom stereocenters. The average molecular weight is 460 g/mol. The second-order valence-electron chi connectivity index (χ2n) is 8.37. The summed E-state index contributed by atoms with van der Waals surface area (Å²) in [5.74, 6) is 0. The lowest BCUT2D eigenvalue weighted by molar-refractivity contribution is 0.204. The van der Waals surface area contributed by atoms with Crippen LogP contribution in [0.15, 0.2) is 53.4 Å². The monoisotopic (exact) mass is 459 g/mol. The predicted octanol–water partition coefficient (Wildman–Crippen LogP) is 5.79. The van der Waals surface area contributed by atoms with Crippen molar-refractivity contribution in [3.05, 3.63) is 54.1 Å². The van der Waals surface area contributed by atoms with Crippen molar-refractivity contribution in [2.24, 2.45) is 0 Å². The number of benzene rings is 2. The molecule has 168 valence electrons. The minimum atomic E-state index is -3.51. The number of piperidine rings is 1. The van der Waals surface area contributed by atoms with Crippen LogP contribution in [0, 0.1) is 0 Å². The van der Waals surface area contributed by atoms with Gasteiger partial charge in [0.15, 0.2) is 5.11 Å². The maximum absolute atomic E-state index is 13.1. The number of rotatable bonds is 7. The lowest BCUT2D eigenvalue weighted by Gasteiger charge is -2.37. The second-order valence-corrected chi connectivity index (χ2v) is 10.6. The molecule has 5 nitrogen and oxygen atoms in total. The molecular weight excluding hydrogens is 426 g/mol. The van der Waals surface area contributed by atoms with Gasteiger partial charge < -0.3 is 10.6 Å². The number of unbranched alkanes of at least 4 members (excludes halogenated alkanes) is 1. The predicted molar refractivity (Wildman–Crippen MR) is 133 cm³/mol. The highest BCUT2D eigenvalue weighted by atomic mass is 32.2. The topological polar surface area (TPSA) is 61.4 Å². The van der Waals surface area contributed by atoms with Crippen LogP contribution >= 0.6 is 12.2 Å². The van der Waals surface area contributed by atoms with E-state index in [2.05, 4.69) is 29.7 Å². The van der Waals surface area contributed by atoms with Gasteiger partial charge in [-0.2, -0.15) is 4.31 Å². The summed E-state index contributed by atoms with van der Waals surface area (Å²) in [6.45, 7) is 6.17. The van der Waals surface area contributed by atoms with Crippen molar-refractivity contribution < 1.29 is 8.42 Å². The van der Waals surface area contributed by atoms with Crippen LogP contribution in [0.4, 0.5) is 11.4 Å². The van der Waals surface area contributed by atoms with Crippen LogP contribution < -0.4 is 10.6 Å². The maximum Gasteiger partial charge on any atom is 0.243 e. The van der Waals surface area contributed by atoms with Gasteiger partial charge in [-0.3, -0.25) is 0 Å². The Bertz CT molecular complexity index is 963. The summed E-state index contributed by atoms with van der Waals surface area (Å²) in [7, 11) is -3.51. The van der Waals surface area contributed by atoms with Crippen molar-refractivity contribution in [1.82, 2.24) is 4.31 Å². The lowest BCUT2D eigenvalue weighted by atomic mass is 10.0. The first-order valence-electron chi connectivity index (χ1n) is 11.1. The van der Waals surface area contributed by atoms with Gasteiger partial charge >= 0.3 is 0 Å². The third-order valence-corrected chi connectivity index (χ3v) is 8.18. The first-order valence-corrected chi connectivity index (χ1v) is 13.0. The molecule has 3 rings (SSSR count). The molecule has 1 fully saturated rings. The van der Waals surface area contributed by atoms with Gasteiger partial charge in [-0.05, 0) is 93.7 Å². The van der Waals surface area contributed by atoms with Gasteiger partial charge in [0.25, 0.3) is 0 Å². The highest BCUT2D eigenvalue weighted by Crippen LogP contribution is 2.30. The van der Waals surface area contributed by atoms with Crippen molar-refractivity contribution >= 4 is 38.7 Å². The third kappa shape index (κ3) is 6.05. The van der Waals surface area contributed by atoms with Gasteiger partial charge in [0.1, 0.15) is 0 Å². The Balaban J connectivity index is 1.61. The maximum atomic E-state index is 13.1. The van der Waals surface area contributed by atoms with Crippen LogP contribution in [0.3, 0.4) is 0 Å². The highest BCUT2D eigenvalue weighted by molar-refractivity contribution is 7.89. The van der Waals surface area contributed by atoms with E-state index in [-0.39, 0.29) is 12.1 Å². The molecular formula is C24H33N3O2S2. The molecule has 0 amide bonds. The molecule has 2 aromatic carbocycles. The van der Waals surface area contributed by atoms with Crippen LogP contribution in [0.2, 0.25) is 0 Å². The number of aryl methyl sites for hydroxylation is 1. The van der Waals surface area contributed by atoms with Gasteiger partial charge in [0.05, 0.1) is 4.90 Å². The van der Waals surface area contributed by atoms with Crippen molar-refractivity contribution in [1.29, 1.82) is 0 Å². The summed E-state index contributed by atoms with van der Waals surface area (Å²) in [4.78, 5) is 0.320. The van der Waals surface area contributed by atoms with Gasteiger partial charge in [0.2, 0.25) is 10.0 Å². The van der Waals surface area contributed by atoms with E-state index < -0.39 is 10.0 Å². The van der Waals surface area contributed by atoms with Crippen molar-refractivity contribution in [3.8, 4) is 0 Å². The Kier molecular flexibility index (Phi) is 8.08. The molecule has 7 heteroatoms. The van der Waals surface area contributed by atoms with Crippen LogP contribution in [0.1, 0.15) is 58.4 Å². The van der Waals surface area contributed by atoms with E-state index in [4.69, 9.17) is 12.2 Å². The SMILES string of the molecule is CCCCc1ccc(NC(=S)Nc2ccc(S(=O)(=O)N3[C@H](C)CCC[C@H]3C)cc2)cc1. The standard InChI is InChI=1S/C24H33N3O2S2/c1-4-5-9-20-10-12-21(13-11-20)25-24(30)26-22-14-16-23(17-15-22)31(28,29)27-18(2)7-6-8-19(27)3/h10-19H,4-9H2,1-3H3,(H2,25,26,30)/t18-,19-/m1/s1. The number of sulfonamides is 1. The number of hydrogen-bond donors (Lipinski definition) is 2. The van der Waals surface area contributed by atoms with E-state index >= 15 is 0 Å². The smallest absolute Gasteiger partial charge is 0.243 e. The fourth-order valence-electron chi connectivity index (χ4n) is 4.13. The first kappa shape index (κ1) is 23.7. The molecule has 1 heterocycles. The molecule has 0 aromatic heterocycles. The molecule has 1 aliphatic rings. The summed E-state index contributed by atoms with van der Waals surface area (Å²) in [5.41, 5.74) is 2.99. The van der Waals surface area contributed by atoms with Crippen LogP contribution in [0.5, 0.6) is 0 Å². The third-order valence-electron chi connectivity index (χ3n) is 5.83. The quantitative estimate of drug-likeness (QED) is 0.513. The molecule has 1 aliphatic heterocycles. The van der Waals surface area contributed by atoms with Crippen LogP contribution in [-0.4, -0.2) is 29.9 Å². The molecule has 0 radical (unpaired) electrons. The van der Waals surface area contributed by atoms with Crippen LogP contribution in [0.25, 0.3) is 0 Å². The van der Waals surface area contributed by atoms with E-state index in [1.165, 1.54) is 18.4 Å². The van der Waals surface area contributed by atoms with Crippen molar-refractivity contribution in [2.45, 2.75) is 76.3 Å². The summed E-state index contributed by atoms with van der Waals surface area (Å²) < 4.78 is 27.9. The molecule has 0 bridgehead atoms. The molecule has 2 aromatic rings. The van der Waals surface area contributed by atoms with Crippen molar-refractivity contribution in [3.63, 3.8) is 0 Å². The highest BCUT2D eigenvalue weighted by Gasteiger charge is 2.35. The number of nitrogens with zero attached hydrogens (tertiary/aromatic N) is 1. The number of hydrogen-bond acceptors (Lipinski definition) is 3. The zero-order valence-corrected chi connectivity index (χ0v) is 20.2. The van der Waals surface area contributed by atoms with E-state index in [9.17, 15) is 8.42 Å². The average Bonchev–Trinajstić information content (AvgIpc) is 2.73. The van der Waals surface area contributed by atoms with Crippen LogP contribution in [-0.2, 0) is 16.4 Å². The Labute approximate surface area is 192 Å². The Morgan fingerprint density at radius 3 is 2.00 bits per heavy atom. The molecule has 1 saturated heterocycles. The van der Waals surface area contributed by atoms with E-state index in [1.807, 2.05) is 26.0 Å². The normalized spacial score (nSPS) is 19.7. The van der Waals surface area contributed by atoms with Crippen molar-refractivity contribution in [2.75, 3.05) is 10.6 Å². The Morgan fingerprint density at radius 1 is 0.968 bits per heavy atom. The number of thiocarbonyl (C=S) groups is 1. The fraction of sp³-hybridized carbons (Fsp3) is 0.458. The second kappa shape index (κ2) is 10.6. The number of nitrogens with one attached hydrogen (secondary N) is 2. The zero-order valence-electron chi connectivity index (χ0n) is 18.6. The summed E-state index contributed by atoms with van der Waals surface area (Å²) in [5, 5.41) is 6.77. The fourth-order valence-corrected chi connectivity index (χ4v) is 6.25. The molecule has 0 spiro atoms. The first-order chi connectivity index (χ1) is 14.8. The van der Waals surface area contributed by atoms with Gasteiger partial charge in [-0.1, -0.05) is 31.9 Å². The summed E-state index contributed by atoms with van der Waals surface area (Å²) in [6.07, 6.45) is 6.34. The summed E-state index contributed by atoms with van der Waals surface area (Å²) in [6, 6.07) is 15.1. The van der Waals surface area contributed by atoms with E-state index in [1.54, 1.807) is 28.6 Å². The van der Waals surface area contributed by atoms with Gasteiger partial charge in [-0.25, -0.2) is 8.42 Å².